The van der Waals surface area contributed by atoms with Gasteiger partial charge in [0.2, 0.25) is 0 Å². The summed E-state index contributed by atoms with van der Waals surface area (Å²) < 4.78 is 5.75. The molecule has 0 radical (unpaired) electrons. The zero-order valence-electron chi connectivity index (χ0n) is 10.8. The molecule has 1 saturated heterocycles. The Morgan fingerprint density at radius 1 is 1.42 bits per heavy atom. The second kappa shape index (κ2) is 5.53. The third kappa shape index (κ3) is 2.78. The largest absolute Gasteiger partial charge is 0.489 e. The molecule has 0 saturated carbocycles. The van der Waals surface area contributed by atoms with Crippen molar-refractivity contribution in [1.29, 1.82) is 0 Å². The molecule has 0 amide bonds. The maximum Gasteiger partial charge on any atom is 0.127 e. The Balaban J connectivity index is 1.76. The number of likely N-dealkylation sites (tertiary alicyclic amines) is 1. The van der Waals surface area contributed by atoms with E-state index in [1.807, 2.05) is 18.2 Å². The van der Waals surface area contributed by atoms with Crippen LogP contribution < -0.4 is 4.74 Å². The van der Waals surface area contributed by atoms with E-state index in [9.17, 15) is 5.11 Å². The minimum Gasteiger partial charge on any atom is -0.489 e. The van der Waals surface area contributed by atoms with Crippen LogP contribution in [-0.4, -0.2) is 42.4 Å². The van der Waals surface area contributed by atoms with Gasteiger partial charge in [0.15, 0.2) is 0 Å². The second-order valence-electron chi connectivity index (χ2n) is 5.22. The highest BCUT2D eigenvalue weighted by atomic mass is 35.5. The van der Waals surface area contributed by atoms with E-state index in [4.69, 9.17) is 16.3 Å². The molecule has 1 fully saturated rings. The maximum atomic E-state index is 9.35. The van der Waals surface area contributed by atoms with Gasteiger partial charge in [0.1, 0.15) is 12.4 Å². The van der Waals surface area contributed by atoms with E-state index in [2.05, 4.69) is 11.0 Å². The molecule has 19 heavy (non-hydrogen) atoms. The van der Waals surface area contributed by atoms with Crippen molar-refractivity contribution in [3.05, 3.63) is 34.4 Å². The quantitative estimate of drug-likeness (QED) is 0.923. The minimum atomic E-state index is 0.247. The van der Waals surface area contributed by atoms with E-state index in [1.165, 1.54) is 12.0 Å². The molecule has 4 heteroatoms. The van der Waals surface area contributed by atoms with E-state index in [-0.39, 0.29) is 6.61 Å². The summed E-state index contributed by atoms with van der Waals surface area (Å²) in [6, 6.07) is 6.00. The Labute approximate surface area is 118 Å². The number of ether oxygens (including phenoxy) is 1. The fourth-order valence-corrected chi connectivity index (χ4v) is 3.04. The predicted molar refractivity (Wildman–Crippen MR) is 76.6 cm³/mol. The molecule has 2 aliphatic rings. The van der Waals surface area contributed by atoms with Gasteiger partial charge in [-0.05, 0) is 49.2 Å². The zero-order chi connectivity index (χ0) is 13.2. The van der Waals surface area contributed by atoms with Crippen LogP contribution in [0, 0.1) is 0 Å². The van der Waals surface area contributed by atoms with Gasteiger partial charge in [-0.1, -0.05) is 11.6 Å². The first-order chi connectivity index (χ1) is 9.26. The van der Waals surface area contributed by atoms with Gasteiger partial charge < -0.3 is 9.84 Å². The molecule has 0 aromatic heterocycles. The van der Waals surface area contributed by atoms with Crippen LogP contribution in [0.1, 0.15) is 18.4 Å². The Bertz CT molecular complexity index is 501. The molecule has 3 rings (SSSR count). The summed E-state index contributed by atoms with van der Waals surface area (Å²) >= 11 is 6.01. The SMILES string of the molecule is OCC1CCCN1CC1=Cc2cc(Cl)ccc2OC1. The molecule has 1 unspecified atom stereocenters. The van der Waals surface area contributed by atoms with E-state index in [0.29, 0.717) is 12.6 Å². The Hall–Kier alpha value is -1.03. The molecule has 2 aliphatic heterocycles. The Morgan fingerprint density at radius 3 is 3.16 bits per heavy atom. The lowest BCUT2D eigenvalue weighted by Crippen LogP contribution is -2.35. The summed E-state index contributed by atoms with van der Waals surface area (Å²) in [5, 5.41) is 10.1. The van der Waals surface area contributed by atoms with Gasteiger partial charge in [0.05, 0.1) is 6.61 Å². The number of aliphatic hydroxyl groups is 1. The van der Waals surface area contributed by atoms with E-state index in [1.54, 1.807) is 0 Å². The monoisotopic (exact) mass is 279 g/mol. The van der Waals surface area contributed by atoms with E-state index < -0.39 is 0 Å². The molecule has 1 aromatic rings. The van der Waals surface area contributed by atoms with Crippen LogP contribution in [0.15, 0.2) is 23.8 Å². The standard InChI is InChI=1S/C15H18ClNO2/c16-13-3-4-15-12(7-13)6-11(10-19-15)8-17-5-1-2-14(17)9-18/h3-4,6-7,14,18H,1-2,5,8-10H2. The Morgan fingerprint density at radius 2 is 2.32 bits per heavy atom. The lowest BCUT2D eigenvalue weighted by molar-refractivity contribution is 0.164. The van der Waals surface area contributed by atoms with Crippen LogP contribution in [-0.2, 0) is 0 Å². The first-order valence-corrected chi connectivity index (χ1v) is 7.11. The molecule has 0 spiro atoms. The molecular formula is C15H18ClNO2. The predicted octanol–water partition coefficient (Wildman–Crippen LogP) is 2.57. The lowest BCUT2D eigenvalue weighted by atomic mass is 10.1. The molecule has 1 aromatic carbocycles. The summed E-state index contributed by atoms with van der Waals surface area (Å²) in [6.07, 6.45) is 4.42. The van der Waals surface area contributed by atoms with Crippen molar-refractivity contribution in [2.75, 3.05) is 26.3 Å². The van der Waals surface area contributed by atoms with Gasteiger partial charge in [-0.3, -0.25) is 4.90 Å². The molecule has 0 bridgehead atoms. The van der Waals surface area contributed by atoms with Crippen molar-refractivity contribution in [2.24, 2.45) is 0 Å². The summed E-state index contributed by atoms with van der Waals surface area (Å²) in [4.78, 5) is 2.34. The molecule has 102 valence electrons. The maximum absolute atomic E-state index is 9.35. The number of nitrogens with zero attached hydrogens (tertiary/aromatic N) is 1. The third-order valence-electron chi connectivity index (χ3n) is 3.86. The summed E-state index contributed by atoms with van der Waals surface area (Å²) in [5.74, 6) is 0.897. The molecule has 2 heterocycles. The van der Waals surface area contributed by atoms with Gasteiger partial charge in [-0.25, -0.2) is 0 Å². The first-order valence-electron chi connectivity index (χ1n) is 6.73. The van der Waals surface area contributed by atoms with E-state index in [0.717, 1.165) is 35.8 Å². The molecule has 1 atom stereocenters. The molecule has 0 aliphatic carbocycles. The van der Waals surface area contributed by atoms with Crippen LogP contribution in [0.5, 0.6) is 5.75 Å². The summed E-state index contributed by atoms with van der Waals surface area (Å²) in [7, 11) is 0. The van der Waals surface area contributed by atoms with Gasteiger partial charge >= 0.3 is 0 Å². The van der Waals surface area contributed by atoms with Crippen molar-refractivity contribution in [2.45, 2.75) is 18.9 Å². The number of hydrogen-bond acceptors (Lipinski definition) is 3. The number of halogens is 1. The highest BCUT2D eigenvalue weighted by molar-refractivity contribution is 6.30. The molecular weight excluding hydrogens is 262 g/mol. The smallest absolute Gasteiger partial charge is 0.127 e. The highest BCUT2D eigenvalue weighted by Crippen LogP contribution is 2.30. The highest BCUT2D eigenvalue weighted by Gasteiger charge is 2.25. The van der Waals surface area contributed by atoms with Crippen molar-refractivity contribution in [1.82, 2.24) is 4.90 Å². The van der Waals surface area contributed by atoms with Crippen molar-refractivity contribution >= 4 is 17.7 Å². The number of benzene rings is 1. The number of rotatable bonds is 3. The number of hydrogen-bond donors (Lipinski definition) is 1. The van der Waals surface area contributed by atoms with Crippen LogP contribution >= 0.6 is 11.6 Å². The molecule has 1 N–H and O–H groups in total. The average Bonchev–Trinajstić information content (AvgIpc) is 2.85. The second-order valence-corrected chi connectivity index (χ2v) is 5.66. The normalized spacial score (nSPS) is 22.8. The van der Waals surface area contributed by atoms with Crippen LogP contribution in [0.25, 0.3) is 6.08 Å². The number of fused-ring (bicyclic) bond motifs is 1. The van der Waals surface area contributed by atoms with Gasteiger partial charge in [-0.2, -0.15) is 0 Å². The zero-order valence-corrected chi connectivity index (χ0v) is 11.6. The lowest BCUT2D eigenvalue weighted by Gasteiger charge is -2.26. The van der Waals surface area contributed by atoms with Gasteiger partial charge in [-0.15, -0.1) is 0 Å². The average molecular weight is 280 g/mol. The topological polar surface area (TPSA) is 32.7 Å². The van der Waals surface area contributed by atoms with E-state index >= 15 is 0 Å². The first kappa shape index (κ1) is 13.0. The van der Waals surface area contributed by atoms with Crippen LogP contribution in [0.3, 0.4) is 0 Å². The number of aliphatic hydroxyl groups excluding tert-OH is 1. The van der Waals surface area contributed by atoms with Crippen molar-refractivity contribution in [3.8, 4) is 5.75 Å². The van der Waals surface area contributed by atoms with Crippen LogP contribution in [0.4, 0.5) is 0 Å². The molecule has 3 nitrogen and oxygen atoms in total. The van der Waals surface area contributed by atoms with Crippen molar-refractivity contribution in [3.63, 3.8) is 0 Å². The fourth-order valence-electron chi connectivity index (χ4n) is 2.86. The van der Waals surface area contributed by atoms with Crippen molar-refractivity contribution < 1.29 is 9.84 Å². The van der Waals surface area contributed by atoms with Gasteiger partial charge in [0, 0.05) is 23.2 Å². The van der Waals surface area contributed by atoms with Crippen LogP contribution in [0.2, 0.25) is 5.02 Å². The Kier molecular flexibility index (Phi) is 3.78. The van der Waals surface area contributed by atoms with Gasteiger partial charge in [0.25, 0.3) is 0 Å². The third-order valence-corrected chi connectivity index (χ3v) is 4.10. The summed E-state index contributed by atoms with van der Waals surface area (Å²) in [5.41, 5.74) is 2.30. The fraction of sp³-hybridized carbons (Fsp3) is 0.467. The minimum absolute atomic E-state index is 0.247. The summed E-state index contributed by atoms with van der Waals surface area (Å²) in [6.45, 7) is 2.81.